The molecular formula is C41H53ClF3N7O7. The van der Waals surface area contributed by atoms with E-state index in [0.29, 0.717) is 91.1 Å². The lowest BCUT2D eigenvalue weighted by Gasteiger charge is -2.39. The van der Waals surface area contributed by atoms with Crippen molar-refractivity contribution >= 4 is 47.0 Å². The van der Waals surface area contributed by atoms with Gasteiger partial charge in [-0.1, -0.05) is 29.8 Å². The van der Waals surface area contributed by atoms with Crippen LogP contribution in [-0.2, 0) is 42.8 Å². The van der Waals surface area contributed by atoms with Crippen molar-refractivity contribution in [3.63, 3.8) is 0 Å². The molecule has 2 aromatic rings. The van der Waals surface area contributed by atoms with E-state index in [9.17, 15) is 32.3 Å². The smallest absolute Gasteiger partial charge is 0.418 e. The van der Waals surface area contributed by atoms with Gasteiger partial charge in [-0.25, -0.2) is 9.59 Å². The van der Waals surface area contributed by atoms with Crippen molar-refractivity contribution < 1.29 is 46.6 Å². The van der Waals surface area contributed by atoms with Gasteiger partial charge < -0.3 is 40.0 Å². The summed E-state index contributed by atoms with van der Waals surface area (Å²) in [5.74, 6) is -0.936. The summed E-state index contributed by atoms with van der Waals surface area (Å²) in [4.78, 5) is 63.2. The molecule has 4 saturated heterocycles. The number of nitrogen functional groups attached to an aromatic ring is 1. The molecule has 2 atom stereocenters. The zero-order chi connectivity index (χ0) is 41.7. The molecule has 2 aromatic carbocycles. The molecule has 5 heterocycles. The van der Waals surface area contributed by atoms with E-state index in [-0.39, 0.29) is 60.1 Å². The van der Waals surface area contributed by atoms with Crippen LogP contribution >= 0.6 is 11.6 Å². The Morgan fingerprint density at radius 3 is 2.34 bits per heavy atom. The number of esters is 1. The number of ether oxygens (including phenoxy) is 3. The van der Waals surface area contributed by atoms with E-state index in [1.165, 1.54) is 11.0 Å². The summed E-state index contributed by atoms with van der Waals surface area (Å²) in [6.45, 7) is 7.05. The molecule has 5 aliphatic heterocycles. The van der Waals surface area contributed by atoms with Crippen molar-refractivity contribution in [3.8, 4) is 0 Å². The second-order valence-electron chi connectivity index (χ2n) is 16.0. The van der Waals surface area contributed by atoms with Crippen molar-refractivity contribution in [2.45, 2.75) is 69.3 Å². The minimum absolute atomic E-state index is 0.0457. The number of nitrogens with zero attached hydrogens (tertiary/aromatic N) is 5. The van der Waals surface area contributed by atoms with Gasteiger partial charge in [-0.05, 0) is 74.4 Å². The van der Waals surface area contributed by atoms with E-state index in [0.717, 1.165) is 37.0 Å². The van der Waals surface area contributed by atoms with Gasteiger partial charge in [0.05, 0.1) is 35.4 Å². The van der Waals surface area contributed by atoms with E-state index in [1.54, 1.807) is 9.80 Å². The molecule has 0 radical (unpaired) electrons. The number of carbonyl (C=O) groups is 4. The van der Waals surface area contributed by atoms with Gasteiger partial charge >= 0.3 is 24.3 Å². The van der Waals surface area contributed by atoms with E-state index < -0.39 is 35.5 Å². The van der Waals surface area contributed by atoms with Crippen LogP contribution in [0.3, 0.4) is 0 Å². The molecule has 0 bridgehead atoms. The minimum atomic E-state index is -4.80. The Kier molecular flexibility index (Phi) is 13.7. The summed E-state index contributed by atoms with van der Waals surface area (Å²) in [6, 6.07) is 9.56. The normalized spacial score (nSPS) is 22.1. The fourth-order valence-corrected chi connectivity index (χ4v) is 9.14. The monoisotopic (exact) mass is 847 g/mol. The number of benzene rings is 2. The number of amides is 4. The fraction of sp³-hybridized carbons (Fsp3) is 0.610. The first-order valence-electron chi connectivity index (χ1n) is 20.6. The Morgan fingerprint density at radius 2 is 1.61 bits per heavy atom. The summed E-state index contributed by atoms with van der Waals surface area (Å²) in [6.07, 6.45) is -3.78. The van der Waals surface area contributed by atoms with Crippen LogP contribution in [-0.4, -0.2) is 152 Å². The zero-order valence-corrected chi connectivity index (χ0v) is 33.9. The van der Waals surface area contributed by atoms with Gasteiger partial charge in [-0.3, -0.25) is 19.4 Å². The maximum absolute atomic E-state index is 14.2. The quantitative estimate of drug-likeness (QED) is 0.254. The van der Waals surface area contributed by atoms with Gasteiger partial charge in [0.25, 0.3) is 5.91 Å². The number of para-hydroxylation sites is 1. The highest BCUT2D eigenvalue weighted by molar-refractivity contribution is 6.33. The third kappa shape index (κ3) is 10.5. The Balaban J connectivity index is 0.954. The number of fused-ring (bicyclic) bond motifs is 1. The number of anilines is 2. The SMILES string of the molecule is Nc1c(Cl)cc(C[C@@H](OC(=O)N2CCC(N3CCc4ccccc4NC3=O)CC2)C(=O)N2CCC(N3CC[C@@H](C(=O)OCCN4CCOCC4)C3)CC2)cc1C(F)(F)F. The number of halogens is 4. The van der Waals surface area contributed by atoms with Gasteiger partial charge in [0.2, 0.25) is 0 Å². The molecule has 59 heavy (non-hydrogen) atoms. The molecule has 7 rings (SSSR count). The van der Waals surface area contributed by atoms with Crippen molar-refractivity contribution in [2.24, 2.45) is 5.92 Å². The Bertz CT molecular complexity index is 1830. The first-order chi connectivity index (χ1) is 28.3. The predicted octanol–water partition coefficient (Wildman–Crippen LogP) is 4.73. The molecule has 0 spiro atoms. The summed E-state index contributed by atoms with van der Waals surface area (Å²) < 4.78 is 58.6. The average Bonchev–Trinajstić information content (AvgIpc) is 3.66. The van der Waals surface area contributed by atoms with Crippen LogP contribution in [0.5, 0.6) is 0 Å². The fourth-order valence-electron chi connectivity index (χ4n) is 8.90. The zero-order valence-electron chi connectivity index (χ0n) is 33.1. The molecule has 322 valence electrons. The molecule has 18 heteroatoms. The van der Waals surface area contributed by atoms with Gasteiger partial charge in [0.1, 0.15) is 6.61 Å². The lowest BCUT2D eigenvalue weighted by molar-refractivity contribution is -0.148. The van der Waals surface area contributed by atoms with Crippen molar-refractivity contribution in [1.82, 2.24) is 24.5 Å². The summed E-state index contributed by atoms with van der Waals surface area (Å²) >= 11 is 6.15. The Labute approximate surface area is 347 Å². The first kappa shape index (κ1) is 42.8. The molecular weight excluding hydrogens is 795 g/mol. The standard InChI is InChI=1S/C41H53ClF3N7O7/c42-33-24-27(23-32(36(33)46)41(43,44)45)25-35(59-40(56)50-14-9-31(10-15-50)52-16-6-28-3-1-2-4-34(28)47-39(52)55)37(53)49-12-7-30(8-13-49)51-11-5-29(26-51)38(54)58-22-19-48-17-20-57-21-18-48/h1-4,23-24,29-31,35H,5-22,25-26,46H2,(H,47,55)/t29-,35-/m1/s1. The van der Waals surface area contributed by atoms with Gasteiger partial charge in [0, 0.05) is 83.1 Å². The molecule has 4 amide bonds. The van der Waals surface area contributed by atoms with Crippen molar-refractivity contribution in [2.75, 3.05) is 96.3 Å². The highest BCUT2D eigenvalue weighted by Crippen LogP contribution is 2.38. The third-order valence-corrected chi connectivity index (χ3v) is 12.7. The number of carbonyl (C=O) groups excluding carboxylic acids is 4. The van der Waals surface area contributed by atoms with Crippen molar-refractivity contribution in [3.05, 3.63) is 58.1 Å². The van der Waals surface area contributed by atoms with Crippen LogP contribution in [0.1, 0.15) is 48.8 Å². The van der Waals surface area contributed by atoms with Crippen LogP contribution in [0.2, 0.25) is 5.02 Å². The van der Waals surface area contributed by atoms with Crippen LogP contribution < -0.4 is 11.1 Å². The molecule has 5 aliphatic rings. The number of nitrogens with one attached hydrogen (secondary N) is 1. The van der Waals surface area contributed by atoms with Gasteiger partial charge in [-0.15, -0.1) is 0 Å². The summed E-state index contributed by atoms with van der Waals surface area (Å²) in [7, 11) is 0. The molecule has 0 saturated carbocycles. The number of rotatable bonds is 10. The average molecular weight is 848 g/mol. The minimum Gasteiger partial charge on any atom is -0.464 e. The summed E-state index contributed by atoms with van der Waals surface area (Å²) in [5, 5.41) is 2.67. The van der Waals surface area contributed by atoms with Gasteiger partial charge in [0.15, 0.2) is 6.10 Å². The number of piperidine rings is 2. The van der Waals surface area contributed by atoms with Crippen LogP contribution in [0.25, 0.3) is 0 Å². The molecule has 3 N–H and O–H groups in total. The highest BCUT2D eigenvalue weighted by atomic mass is 35.5. The Morgan fingerprint density at radius 1 is 0.915 bits per heavy atom. The number of likely N-dealkylation sites (tertiary alicyclic amines) is 3. The van der Waals surface area contributed by atoms with Crippen LogP contribution in [0.15, 0.2) is 36.4 Å². The lowest BCUT2D eigenvalue weighted by Crippen LogP contribution is -2.52. The molecule has 14 nitrogen and oxygen atoms in total. The van der Waals surface area contributed by atoms with Crippen molar-refractivity contribution in [1.29, 1.82) is 0 Å². The second kappa shape index (κ2) is 18.9. The molecule has 0 aromatic heterocycles. The number of urea groups is 1. The van der Waals surface area contributed by atoms with E-state index in [4.69, 9.17) is 31.5 Å². The number of hydrogen-bond acceptors (Lipinski definition) is 10. The number of nitrogens with two attached hydrogens (primary N) is 1. The van der Waals surface area contributed by atoms with E-state index >= 15 is 0 Å². The maximum Gasteiger partial charge on any atom is 0.418 e. The number of alkyl halides is 3. The highest BCUT2D eigenvalue weighted by Gasteiger charge is 2.40. The van der Waals surface area contributed by atoms with E-state index in [1.807, 2.05) is 24.3 Å². The summed E-state index contributed by atoms with van der Waals surface area (Å²) in [5.41, 5.74) is 5.80. The third-order valence-electron chi connectivity index (χ3n) is 12.3. The van der Waals surface area contributed by atoms with Gasteiger partial charge in [-0.2, -0.15) is 13.2 Å². The second-order valence-corrected chi connectivity index (χ2v) is 16.4. The van der Waals surface area contributed by atoms with E-state index in [2.05, 4.69) is 15.1 Å². The molecule has 0 aliphatic carbocycles. The topological polar surface area (TPSA) is 150 Å². The largest absolute Gasteiger partial charge is 0.464 e. The van der Waals surface area contributed by atoms with Crippen LogP contribution in [0, 0.1) is 5.92 Å². The maximum atomic E-state index is 14.2. The lowest BCUT2D eigenvalue weighted by atomic mass is 10.00. The molecule has 0 unspecified atom stereocenters. The molecule has 4 fully saturated rings. The Hall–Kier alpha value is -4.32. The first-order valence-corrected chi connectivity index (χ1v) is 21.0. The van der Waals surface area contributed by atoms with Crippen LogP contribution in [0.4, 0.5) is 34.1 Å². The predicted molar refractivity (Wildman–Crippen MR) is 213 cm³/mol. The number of hydrogen-bond donors (Lipinski definition) is 2. The number of morpholine rings is 1.